The van der Waals surface area contributed by atoms with E-state index in [0.29, 0.717) is 0 Å². The molecular formula is C17H28N4O. The number of likely N-dealkylation sites (N-methyl/N-ethyl adjacent to an activating group) is 1. The molecule has 1 N–H and O–H groups in total. The normalized spacial score (nSPS) is 12.5. The lowest BCUT2D eigenvalue weighted by Crippen LogP contribution is -2.27. The Hall–Kier alpha value is -1.75. The number of anilines is 1. The van der Waals surface area contributed by atoms with Gasteiger partial charge in [-0.2, -0.15) is 0 Å². The van der Waals surface area contributed by atoms with Crippen molar-refractivity contribution < 1.29 is 5.11 Å². The average molecular weight is 304 g/mol. The maximum Gasteiger partial charge on any atom is 0.141 e. The molecule has 1 aliphatic heterocycles. The van der Waals surface area contributed by atoms with E-state index in [2.05, 4.69) is 26.9 Å². The van der Waals surface area contributed by atoms with E-state index in [0.717, 1.165) is 46.9 Å². The molecule has 0 spiro atoms. The molecule has 2 aromatic rings. The van der Waals surface area contributed by atoms with Crippen molar-refractivity contribution in [2.75, 3.05) is 18.5 Å². The summed E-state index contributed by atoms with van der Waals surface area (Å²) in [7, 11) is 2.07. The van der Waals surface area contributed by atoms with E-state index in [1.165, 1.54) is 0 Å². The van der Waals surface area contributed by atoms with Crippen LogP contribution in [-0.2, 0) is 6.42 Å². The predicted molar refractivity (Wildman–Crippen MR) is 92.5 cm³/mol. The first-order chi connectivity index (χ1) is 10.4. The summed E-state index contributed by atoms with van der Waals surface area (Å²) in [6.07, 6.45) is 0.814. The number of aliphatic hydroxyl groups excluding tert-OH is 1. The van der Waals surface area contributed by atoms with Crippen molar-refractivity contribution in [3.05, 3.63) is 23.3 Å². The number of hydrogen-bond donors (Lipinski definition) is 1. The molecule has 3 rings (SSSR count). The van der Waals surface area contributed by atoms with Crippen LogP contribution >= 0.6 is 0 Å². The van der Waals surface area contributed by atoms with Crippen molar-refractivity contribution >= 4 is 16.7 Å². The van der Waals surface area contributed by atoms with Gasteiger partial charge in [0.1, 0.15) is 11.6 Å². The Kier molecular flexibility index (Phi) is 6.68. The molecule has 0 amide bonds. The molecule has 5 heteroatoms. The van der Waals surface area contributed by atoms with Crippen molar-refractivity contribution in [1.82, 2.24) is 15.0 Å². The van der Waals surface area contributed by atoms with E-state index in [4.69, 9.17) is 5.11 Å². The Morgan fingerprint density at radius 2 is 1.73 bits per heavy atom. The topological polar surface area (TPSA) is 62.1 Å². The first-order valence-electron chi connectivity index (χ1n) is 7.92. The molecule has 22 heavy (non-hydrogen) atoms. The summed E-state index contributed by atoms with van der Waals surface area (Å²) in [6, 6.07) is 2.04. The quantitative estimate of drug-likeness (QED) is 0.810. The van der Waals surface area contributed by atoms with Crippen molar-refractivity contribution in [2.24, 2.45) is 0 Å². The molecule has 0 unspecified atom stereocenters. The second-order valence-corrected chi connectivity index (χ2v) is 5.46. The van der Waals surface area contributed by atoms with Gasteiger partial charge >= 0.3 is 0 Å². The van der Waals surface area contributed by atoms with E-state index in [-0.39, 0.29) is 6.10 Å². The van der Waals surface area contributed by atoms with Crippen LogP contribution in [0.3, 0.4) is 0 Å². The zero-order valence-corrected chi connectivity index (χ0v) is 14.8. The molecule has 0 atom stereocenters. The molecule has 0 aromatic carbocycles. The van der Waals surface area contributed by atoms with Gasteiger partial charge in [0.2, 0.25) is 0 Å². The first-order valence-corrected chi connectivity index (χ1v) is 7.92. The third-order valence-electron chi connectivity index (χ3n) is 3.02. The average Bonchev–Trinajstić information content (AvgIpc) is 2.43. The van der Waals surface area contributed by atoms with Gasteiger partial charge in [-0.1, -0.05) is 13.8 Å². The highest BCUT2D eigenvalue weighted by Crippen LogP contribution is 2.30. The molecule has 0 saturated carbocycles. The minimum absolute atomic E-state index is 0.167. The number of nitrogens with zero attached hydrogens (tertiary/aromatic N) is 4. The van der Waals surface area contributed by atoms with Gasteiger partial charge in [0.05, 0.1) is 16.6 Å². The maximum atomic E-state index is 8.06. The number of aliphatic hydroxyl groups is 1. The predicted octanol–water partition coefficient (Wildman–Crippen LogP) is 3.05. The minimum atomic E-state index is -0.167. The van der Waals surface area contributed by atoms with Crippen molar-refractivity contribution in [2.45, 2.75) is 54.1 Å². The Bertz CT molecular complexity index is 618. The third-order valence-corrected chi connectivity index (χ3v) is 3.02. The van der Waals surface area contributed by atoms with Crippen molar-refractivity contribution in [3.63, 3.8) is 0 Å². The molecule has 3 heterocycles. The van der Waals surface area contributed by atoms with Gasteiger partial charge in [-0.3, -0.25) is 4.98 Å². The smallest absolute Gasteiger partial charge is 0.141 e. The highest BCUT2D eigenvalue weighted by molar-refractivity contribution is 5.92. The van der Waals surface area contributed by atoms with E-state index >= 15 is 0 Å². The summed E-state index contributed by atoms with van der Waals surface area (Å²) in [5.74, 6) is 1.85. The monoisotopic (exact) mass is 304 g/mol. The highest BCUT2D eigenvalue weighted by Gasteiger charge is 2.20. The van der Waals surface area contributed by atoms with Gasteiger partial charge in [-0.05, 0) is 33.8 Å². The van der Waals surface area contributed by atoms with Crippen LogP contribution in [0, 0.1) is 13.8 Å². The molecule has 0 aliphatic carbocycles. The van der Waals surface area contributed by atoms with Gasteiger partial charge < -0.3 is 10.0 Å². The van der Waals surface area contributed by atoms with Gasteiger partial charge in [-0.15, -0.1) is 0 Å². The van der Waals surface area contributed by atoms with Crippen LogP contribution in [-0.4, -0.2) is 39.8 Å². The van der Waals surface area contributed by atoms with Gasteiger partial charge in [-0.25, -0.2) is 9.97 Å². The van der Waals surface area contributed by atoms with Crippen LogP contribution in [0.5, 0.6) is 0 Å². The van der Waals surface area contributed by atoms with Crippen LogP contribution in [0.1, 0.15) is 44.9 Å². The minimum Gasteiger partial charge on any atom is -0.394 e. The standard InChI is InChI=1S/C12H14N4.C3H8O.C2H6/c1-7-6-10-11-9(13-7)4-5-16(3)12(11)15-8(2)14-10;1-3(2)4;1-2/h6H,4-5H2,1-3H3;3-4H,1-2H3;1-2H3. The summed E-state index contributed by atoms with van der Waals surface area (Å²) in [5.41, 5.74) is 3.20. The summed E-state index contributed by atoms with van der Waals surface area (Å²) in [5, 5.41) is 9.19. The molecule has 0 saturated heterocycles. The summed E-state index contributed by atoms with van der Waals surface area (Å²) in [4.78, 5) is 15.8. The lowest BCUT2D eigenvalue weighted by molar-refractivity contribution is 0.216. The fourth-order valence-electron chi connectivity index (χ4n) is 2.30. The van der Waals surface area contributed by atoms with E-state index in [1.807, 2.05) is 33.8 Å². The Labute approximate surface area is 133 Å². The summed E-state index contributed by atoms with van der Waals surface area (Å²) >= 11 is 0. The second kappa shape index (κ2) is 8.03. The first kappa shape index (κ1) is 18.3. The zero-order chi connectivity index (χ0) is 16.9. The SMILES string of the molecule is CC.CC(C)O.Cc1cc2nc(C)nc3c2c(n1)CCN3C. The lowest BCUT2D eigenvalue weighted by atomic mass is 10.1. The number of aromatic nitrogens is 3. The molecule has 2 aromatic heterocycles. The largest absolute Gasteiger partial charge is 0.394 e. The molecular weight excluding hydrogens is 276 g/mol. The second-order valence-electron chi connectivity index (χ2n) is 5.46. The zero-order valence-electron chi connectivity index (χ0n) is 14.8. The number of rotatable bonds is 0. The van der Waals surface area contributed by atoms with Crippen LogP contribution in [0.4, 0.5) is 5.82 Å². The highest BCUT2D eigenvalue weighted by atomic mass is 16.3. The fourth-order valence-corrected chi connectivity index (χ4v) is 2.30. The number of aryl methyl sites for hydroxylation is 2. The molecule has 0 fully saturated rings. The van der Waals surface area contributed by atoms with Crippen LogP contribution in [0.2, 0.25) is 0 Å². The molecule has 1 aliphatic rings. The van der Waals surface area contributed by atoms with E-state index in [1.54, 1.807) is 13.8 Å². The van der Waals surface area contributed by atoms with Crippen molar-refractivity contribution in [1.29, 1.82) is 0 Å². The van der Waals surface area contributed by atoms with Crippen LogP contribution in [0.25, 0.3) is 10.9 Å². The van der Waals surface area contributed by atoms with Crippen LogP contribution in [0.15, 0.2) is 6.07 Å². The number of pyridine rings is 1. The third kappa shape index (κ3) is 4.37. The molecule has 5 nitrogen and oxygen atoms in total. The van der Waals surface area contributed by atoms with Gasteiger partial charge in [0, 0.05) is 31.8 Å². The molecule has 0 bridgehead atoms. The van der Waals surface area contributed by atoms with E-state index in [9.17, 15) is 0 Å². The van der Waals surface area contributed by atoms with Crippen molar-refractivity contribution in [3.8, 4) is 0 Å². The number of hydrogen-bond acceptors (Lipinski definition) is 5. The maximum absolute atomic E-state index is 8.06. The lowest BCUT2D eigenvalue weighted by Gasteiger charge is -2.25. The van der Waals surface area contributed by atoms with Crippen LogP contribution < -0.4 is 4.90 Å². The Morgan fingerprint density at radius 1 is 1.14 bits per heavy atom. The fraction of sp³-hybridized carbons (Fsp3) is 0.588. The molecule has 122 valence electrons. The summed E-state index contributed by atoms with van der Waals surface area (Å²) < 4.78 is 0. The summed E-state index contributed by atoms with van der Waals surface area (Å²) in [6.45, 7) is 12.4. The Balaban J connectivity index is 0.000000354. The van der Waals surface area contributed by atoms with E-state index < -0.39 is 0 Å². The Morgan fingerprint density at radius 3 is 2.32 bits per heavy atom. The van der Waals surface area contributed by atoms with Gasteiger partial charge in [0.15, 0.2) is 0 Å². The van der Waals surface area contributed by atoms with Gasteiger partial charge in [0.25, 0.3) is 0 Å². The molecule has 0 radical (unpaired) electrons.